The van der Waals surface area contributed by atoms with Crippen molar-refractivity contribution in [2.75, 3.05) is 7.05 Å². The van der Waals surface area contributed by atoms with Crippen molar-refractivity contribution in [2.45, 2.75) is 9.79 Å². The molecule has 1 aromatic rings. The van der Waals surface area contributed by atoms with Crippen molar-refractivity contribution in [1.82, 2.24) is 4.72 Å². The van der Waals surface area contributed by atoms with Gasteiger partial charge < -0.3 is 4.55 Å². The lowest BCUT2D eigenvalue weighted by molar-refractivity contribution is 0.557. The third-order valence-electron chi connectivity index (χ3n) is 1.60. The lowest BCUT2D eigenvalue weighted by atomic mass is 10.4. The van der Waals surface area contributed by atoms with Crippen LogP contribution in [0.25, 0.3) is 0 Å². The van der Waals surface area contributed by atoms with Crippen LogP contribution in [-0.4, -0.2) is 24.2 Å². The number of hydrogen-bond donors (Lipinski definition) is 2. The molecule has 1 atom stereocenters. The van der Waals surface area contributed by atoms with Crippen molar-refractivity contribution in [2.24, 2.45) is 0 Å². The van der Waals surface area contributed by atoms with Crippen LogP contribution in [0, 0.1) is 0 Å². The number of rotatable bonds is 3. The average molecular weight is 235 g/mol. The Morgan fingerprint density at radius 3 is 2.43 bits per heavy atom. The van der Waals surface area contributed by atoms with Crippen LogP contribution in [0.15, 0.2) is 34.1 Å². The van der Waals surface area contributed by atoms with E-state index >= 15 is 0 Å². The molecule has 0 bridgehead atoms. The van der Waals surface area contributed by atoms with Gasteiger partial charge in [-0.3, -0.25) is 0 Å². The van der Waals surface area contributed by atoms with E-state index in [-0.39, 0.29) is 9.79 Å². The maximum atomic E-state index is 11.4. The van der Waals surface area contributed by atoms with E-state index in [0.29, 0.717) is 0 Å². The molecule has 14 heavy (non-hydrogen) atoms. The molecule has 0 aliphatic carbocycles. The number of benzene rings is 1. The highest BCUT2D eigenvalue weighted by atomic mass is 32.2. The maximum absolute atomic E-state index is 11.4. The summed E-state index contributed by atoms with van der Waals surface area (Å²) < 4.78 is 44.5. The van der Waals surface area contributed by atoms with Gasteiger partial charge in [0.15, 0.2) is 11.1 Å². The molecular weight excluding hydrogens is 226 g/mol. The van der Waals surface area contributed by atoms with E-state index in [1.165, 1.54) is 31.3 Å². The van der Waals surface area contributed by atoms with E-state index in [1.807, 2.05) is 0 Å². The summed E-state index contributed by atoms with van der Waals surface area (Å²) in [6.07, 6.45) is 0. The Kier molecular flexibility index (Phi) is 3.38. The number of hydrogen-bond acceptors (Lipinski definition) is 3. The summed E-state index contributed by atoms with van der Waals surface area (Å²) in [5.74, 6) is 0. The second kappa shape index (κ2) is 4.18. The van der Waals surface area contributed by atoms with Crippen molar-refractivity contribution in [3.63, 3.8) is 0 Å². The fourth-order valence-electron chi connectivity index (χ4n) is 0.926. The molecule has 1 aromatic carbocycles. The average Bonchev–Trinajstić information content (AvgIpc) is 2.18. The number of nitrogens with one attached hydrogen (secondary N) is 1. The minimum absolute atomic E-state index is 0.123. The summed E-state index contributed by atoms with van der Waals surface area (Å²) in [6.45, 7) is 0. The van der Waals surface area contributed by atoms with Gasteiger partial charge in [-0.25, -0.2) is 17.3 Å². The highest BCUT2D eigenvalue weighted by molar-refractivity contribution is 7.90. The van der Waals surface area contributed by atoms with Gasteiger partial charge in [-0.05, 0) is 19.2 Å². The fourth-order valence-corrected chi connectivity index (χ4v) is 2.72. The van der Waals surface area contributed by atoms with Gasteiger partial charge in [0.25, 0.3) is 0 Å². The van der Waals surface area contributed by atoms with Crippen LogP contribution in [0.4, 0.5) is 0 Å². The minimum atomic E-state index is -3.68. The quantitative estimate of drug-likeness (QED) is 0.732. The SMILES string of the molecule is CNS(=O)(=O)c1ccccc1S(=O)O. The maximum Gasteiger partial charge on any atom is 0.241 e. The van der Waals surface area contributed by atoms with Gasteiger partial charge in [-0.15, -0.1) is 0 Å². The molecule has 1 rings (SSSR count). The predicted molar refractivity (Wildman–Crippen MR) is 51.7 cm³/mol. The molecule has 0 aliphatic heterocycles. The first-order chi connectivity index (χ1) is 6.49. The topological polar surface area (TPSA) is 83.5 Å². The lowest BCUT2D eigenvalue weighted by Crippen LogP contribution is -2.20. The Labute approximate surface area is 84.5 Å². The summed E-state index contributed by atoms with van der Waals surface area (Å²) in [7, 11) is -2.43. The second-order valence-electron chi connectivity index (χ2n) is 2.40. The first-order valence-corrected chi connectivity index (χ1v) is 6.21. The molecule has 0 saturated carbocycles. The largest absolute Gasteiger partial charge is 0.302 e. The predicted octanol–water partition coefficient (Wildman–Crippen LogP) is 0.175. The molecule has 0 heterocycles. The van der Waals surface area contributed by atoms with Crippen LogP contribution < -0.4 is 4.72 Å². The fraction of sp³-hybridized carbons (Fsp3) is 0.143. The third-order valence-corrected chi connectivity index (χ3v) is 3.93. The number of sulfonamides is 1. The van der Waals surface area contributed by atoms with Crippen LogP contribution in [0.5, 0.6) is 0 Å². The molecular formula is C7H9NO4S2. The molecule has 2 N–H and O–H groups in total. The van der Waals surface area contributed by atoms with Gasteiger partial charge in [0, 0.05) is 0 Å². The smallest absolute Gasteiger partial charge is 0.241 e. The molecule has 0 fully saturated rings. The van der Waals surface area contributed by atoms with Gasteiger partial charge in [-0.2, -0.15) is 0 Å². The summed E-state index contributed by atoms with van der Waals surface area (Å²) in [5.41, 5.74) is 0. The first-order valence-electron chi connectivity index (χ1n) is 3.62. The van der Waals surface area contributed by atoms with Crippen LogP contribution in [0.3, 0.4) is 0 Å². The molecule has 5 nitrogen and oxygen atoms in total. The summed E-state index contributed by atoms with van der Waals surface area (Å²) in [5, 5.41) is 0. The zero-order valence-electron chi connectivity index (χ0n) is 7.30. The molecule has 1 unspecified atom stereocenters. The van der Waals surface area contributed by atoms with Gasteiger partial charge in [-0.1, -0.05) is 12.1 Å². The minimum Gasteiger partial charge on any atom is -0.302 e. The highest BCUT2D eigenvalue weighted by Crippen LogP contribution is 2.17. The molecule has 0 amide bonds. The molecule has 0 saturated heterocycles. The van der Waals surface area contributed by atoms with E-state index < -0.39 is 21.1 Å². The van der Waals surface area contributed by atoms with Crippen LogP contribution in [0.1, 0.15) is 0 Å². The Balaban J connectivity index is 3.42. The Morgan fingerprint density at radius 2 is 1.93 bits per heavy atom. The normalized spacial score (nSPS) is 13.9. The Bertz CT molecular complexity index is 455. The molecule has 7 heteroatoms. The van der Waals surface area contributed by atoms with Crippen molar-refractivity contribution in [1.29, 1.82) is 0 Å². The molecule has 0 aromatic heterocycles. The van der Waals surface area contributed by atoms with Gasteiger partial charge in [0.05, 0.1) is 4.90 Å². The lowest BCUT2D eigenvalue weighted by Gasteiger charge is -2.05. The summed E-state index contributed by atoms with van der Waals surface area (Å²) >= 11 is -2.31. The molecule has 78 valence electrons. The second-order valence-corrected chi connectivity index (χ2v) is 5.20. The Hall–Kier alpha value is -0.760. The zero-order chi connectivity index (χ0) is 10.8. The van der Waals surface area contributed by atoms with Crippen molar-refractivity contribution < 1.29 is 17.2 Å². The van der Waals surface area contributed by atoms with E-state index in [4.69, 9.17) is 4.55 Å². The van der Waals surface area contributed by atoms with Crippen LogP contribution in [0.2, 0.25) is 0 Å². The van der Waals surface area contributed by atoms with Gasteiger partial charge in [0.2, 0.25) is 10.0 Å². The van der Waals surface area contributed by atoms with E-state index in [0.717, 1.165) is 0 Å². The van der Waals surface area contributed by atoms with Crippen molar-refractivity contribution >= 4 is 21.1 Å². The van der Waals surface area contributed by atoms with Gasteiger partial charge in [0.1, 0.15) is 4.90 Å². The summed E-state index contributed by atoms with van der Waals surface area (Å²) in [6, 6.07) is 5.55. The van der Waals surface area contributed by atoms with E-state index in [9.17, 15) is 12.6 Å². The molecule has 0 aliphatic rings. The third kappa shape index (κ3) is 2.18. The Morgan fingerprint density at radius 1 is 1.36 bits per heavy atom. The van der Waals surface area contributed by atoms with Gasteiger partial charge >= 0.3 is 0 Å². The zero-order valence-corrected chi connectivity index (χ0v) is 8.93. The highest BCUT2D eigenvalue weighted by Gasteiger charge is 2.18. The molecule has 0 radical (unpaired) electrons. The van der Waals surface area contributed by atoms with Crippen molar-refractivity contribution in [3.05, 3.63) is 24.3 Å². The first kappa shape index (κ1) is 11.3. The van der Waals surface area contributed by atoms with Crippen molar-refractivity contribution in [3.8, 4) is 0 Å². The van der Waals surface area contributed by atoms with Crippen LogP contribution in [-0.2, 0) is 21.1 Å². The summed E-state index contributed by atoms with van der Waals surface area (Å²) in [4.78, 5) is -0.301. The molecule has 0 spiro atoms. The van der Waals surface area contributed by atoms with E-state index in [2.05, 4.69) is 4.72 Å². The monoisotopic (exact) mass is 235 g/mol. The van der Waals surface area contributed by atoms with Crippen LogP contribution >= 0.6 is 0 Å². The standard InChI is InChI=1S/C7H9NO4S2/c1-8-14(11,12)7-5-3-2-4-6(7)13(9)10/h2-5,8H,1H3,(H,9,10). The van der Waals surface area contributed by atoms with E-state index in [1.54, 1.807) is 0 Å².